The largest absolute Gasteiger partial charge is 0.381 e. The number of halogens is 1. The molecule has 0 aliphatic carbocycles. The van der Waals surface area contributed by atoms with Gasteiger partial charge in [0, 0.05) is 19.1 Å². The van der Waals surface area contributed by atoms with Crippen molar-refractivity contribution in [2.75, 3.05) is 19.8 Å². The number of aryl methyl sites for hydroxylation is 1. The van der Waals surface area contributed by atoms with E-state index in [4.69, 9.17) is 4.74 Å². The number of aromatic nitrogens is 2. The monoisotopic (exact) mass is 343 g/mol. The van der Waals surface area contributed by atoms with Crippen LogP contribution in [0.15, 0.2) is 10.7 Å². The van der Waals surface area contributed by atoms with Gasteiger partial charge in [0.25, 0.3) is 0 Å². The van der Waals surface area contributed by atoms with Crippen molar-refractivity contribution in [1.29, 1.82) is 0 Å². The molecule has 1 aromatic rings. The van der Waals surface area contributed by atoms with Gasteiger partial charge in [-0.2, -0.15) is 5.10 Å². The van der Waals surface area contributed by atoms with Crippen molar-refractivity contribution in [2.24, 2.45) is 5.92 Å². The Kier molecular flexibility index (Phi) is 6.52. The maximum atomic E-state index is 5.70. The molecule has 2 atom stereocenters. The third-order valence-corrected chi connectivity index (χ3v) is 4.46. The predicted octanol–water partition coefficient (Wildman–Crippen LogP) is 3.52. The molecular formula is C15H26BrN3O. The number of nitrogens with one attached hydrogen (secondary N) is 1. The van der Waals surface area contributed by atoms with E-state index in [9.17, 15) is 0 Å². The SMILES string of the molecule is CCCNC(c1c(Br)cnn1CCC)C1CCCOC1. The van der Waals surface area contributed by atoms with E-state index in [0.29, 0.717) is 12.0 Å². The molecule has 0 bridgehead atoms. The van der Waals surface area contributed by atoms with E-state index in [1.54, 1.807) is 0 Å². The first-order valence-electron chi connectivity index (χ1n) is 7.80. The molecule has 1 saturated heterocycles. The van der Waals surface area contributed by atoms with Gasteiger partial charge in [0.2, 0.25) is 0 Å². The lowest BCUT2D eigenvalue weighted by molar-refractivity contribution is 0.0375. The highest BCUT2D eigenvalue weighted by atomic mass is 79.9. The molecule has 114 valence electrons. The quantitative estimate of drug-likeness (QED) is 0.823. The van der Waals surface area contributed by atoms with Crippen LogP contribution in [0.2, 0.25) is 0 Å². The van der Waals surface area contributed by atoms with E-state index in [1.807, 2.05) is 6.20 Å². The lowest BCUT2D eigenvalue weighted by Crippen LogP contribution is -2.35. The maximum absolute atomic E-state index is 5.70. The normalized spacial score (nSPS) is 21.1. The van der Waals surface area contributed by atoms with E-state index in [-0.39, 0.29) is 0 Å². The van der Waals surface area contributed by atoms with Crippen LogP contribution in [0, 0.1) is 5.92 Å². The Bertz CT molecular complexity index is 402. The van der Waals surface area contributed by atoms with Crippen LogP contribution in [0.1, 0.15) is 51.3 Å². The summed E-state index contributed by atoms with van der Waals surface area (Å²) in [5, 5.41) is 8.23. The molecule has 0 amide bonds. The zero-order valence-corrected chi connectivity index (χ0v) is 14.2. The fourth-order valence-corrected chi connectivity index (χ4v) is 3.43. The van der Waals surface area contributed by atoms with Crippen molar-refractivity contribution in [3.8, 4) is 0 Å². The summed E-state index contributed by atoms with van der Waals surface area (Å²) >= 11 is 3.68. The van der Waals surface area contributed by atoms with Crippen LogP contribution in [-0.2, 0) is 11.3 Å². The summed E-state index contributed by atoms with van der Waals surface area (Å²) in [5.74, 6) is 0.541. The van der Waals surface area contributed by atoms with Crippen molar-refractivity contribution in [3.63, 3.8) is 0 Å². The molecule has 0 spiro atoms. The average Bonchev–Trinajstić information content (AvgIpc) is 2.83. The van der Waals surface area contributed by atoms with Gasteiger partial charge in [-0.25, -0.2) is 0 Å². The minimum absolute atomic E-state index is 0.332. The minimum atomic E-state index is 0.332. The van der Waals surface area contributed by atoms with Crippen LogP contribution < -0.4 is 5.32 Å². The molecule has 1 aliphatic rings. The van der Waals surface area contributed by atoms with Gasteiger partial charge in [-0.3, -0.25) is 4.68 Å². The van der Waals surface area contributed by atoms with E-state index in [0.717, 1.165) is 50.0 Å². The Labute approximate surface area is 130 Å². The van der Waals surface area contributed by atoms with Gasteiger partial charge in [0.15, 0.2) is 0 Å². The second-order valence-electron chi connectivity index (χ2n) is 5.51. The molecule has 1 aromatic heterocycles. The third kappa shape index (κ3) is 3.83. The Morgan fingerprint density at radius 1 is 1.50 bits per heavy atom. The van der Waals surface area contributed by atoms with Crippen LogP contribution in [0.4, 0.5) is 0 Å². The van der Waals surface area contributed by atoms with Gasteiger partial charge in [-0.15, -0.1) is 0 Å². The van der Waals surface area contributed by atoms with Gasteiger partial charge < -0.3 is 10.1 Å². The van der Waals surface area contributed by atoms with E-state index >= 15 is 0 Å². The number of hydrogen-bond acceptors (Lipinski definition) is 3. The summed E-state index contributed by atoms with van der Waals surface area (Å²) in [4.78, 5) is 0. The number of hydrogen-bond donors (Lipinski definition) is 1. The van der Waals surface area contributed by atoms with Crippen LogP contribution in [0.3, 0.4) is 0 Å². The van der Waals surface area contributed by atoms with Crippen molar-refractivity contribution in [3.05, 3.63) is 16.4 Å². The number of rotatable bonds is 7. The van der Waals surface area contributed by atoms with E-state index < -0.39 is 0 Å². The molecule has 2 unspecified atom stereocenters. The van der Waals surface area contributed by atoms with Crippen LogP contribution in [0.5, 0.6) is 0 Å². The number of ether oxygens (including phenoxy) is 1. The molecule has 1 N–H and O–H groups in total. The molecule has 4 nitrogen and oxygen atoms in total. The van der Waals surface area contributed by atoms with Crippen molar-refractivity contribution in [2.45, 2.75) is 52.1 Å². The number of nitrogens with zero attached hydrogens (tertiary/aromatic N) is 2. The van der Waals surface area contributed by atoms with Gasteiger partial charge in [-0.1, -0.05) is 13.8 Å². The summed E-state index contributed by atoms with van der Waals surface area (Å²) in [5.41, 5.74) is 1.29. The topological polar surface area (TPSA) is 39.1 Å². The van der Waals surface area contributed by atoms with Crippen molar-refractivity contribution in [1.82, 2.24) is 15.1 Å². The summed E-state index contributed by atoms with van der Waals surface area (Å²) < 4.78 is 8.96. The highest BCUT2D eigenvalue weighted by molar-refractivity contribution is 9.10. The second-order valence-corrected chi connectivity index (χ2v) is 6.36. The first-order chi connectivity index (χ1) is 9.77. The minimum Gasteiger partial charge on any atom is -0.381 e. The van der Waals surface area contributed by atoms with Crippen LogP contribution in [-0.4, -0.2) is 29.5 Å². The zero-order chi connectivity index (χ0) is 14.4. The fraction of sp³-hybridized carbons (Fsp3) is 0.800. The fourth-order valence-electron chi connectivity index (χ4n) is 2.89. The highest BCUT2D eigenvalue weighted by Crippen LogP contribution is 2.33. The molecule has 0 radical (unpaired) electrons. The lowest BCUT2D eigenvalue weighted by atomic mass is 9.91. The van der Waals surface area contributed by atoms with Gasteiger partial charge in [0.05, 0.1) is 29.0 Å². The standard InChI is InChI=1S/C15H26BrN3O/c1-3-7-17-14(12-6-5-9-20-11-12)15-13(16)10-18-19(15)8-4-2/h10,12,14,17H,3-9,11H2,1-2H3. The molecule has 2 rings (SSSR count). The lowest BCUT2D eigenvalue weighted by Gasteiger charge is -2.31. The summed E-state index contributed by atoms with van der Waals surface area (Å²) in [6.45, 7) is 8.17. The molecule has 0 saturated carbocycles. The van der Waals surface area contributed by atoms with Crippen molar-refractivity contribution >= 4 is 15.9 Å². The molecule has 2 heterocycles. The maximum Gasteiger partial charge on any atom is 0.0699 e. The first-order valence-corrected chi connectivity index (χ1v) is 8.59. The second kappa shape index (κ2) is 8.15. The Morgan fingerprint density at radius 2 is 2.35 bits per heavy atom. The van der Waals surface area contributed by atoms with Gasteiger partial charge in [0.1, 0.15) is 0 Å². The molecule has 0 aromatic carbocycles. The molecule has 1 aliphatic heterocycles. The molecule has 1 fully saturated rings. The Balaban J connectivity index is 2.22. The zero-order valence-electron chi connectivity index (χ0n) is 12.6. The van der Waals surface area contributed by atoms with Gasteiger partial charge >= 0.3 is 0 Å². The molecule has 5 heteroatoms. The molecular weight excluding hydrogens is 318 g/mol. The van der Waals surface area contributed by atoms with E-state index in [2.05, 4.69) is 44.9 Å². The summed E-state index contributed by atoms with van der Waals surface area (Å²) in [6, 6.07) is 0.332. The van der Waals surface area contributed by atoms with Crippen LogP contribution >= 0.6 is 15.9 Å². The Morgan fingerprint density at radius 3 is 3.00 bits per heavy atom. The van der Waals surface area contributed by atoms with Crippen LogP contribution in [0.25, 0.3) is 0 Å². The van der Waals surface area contributed by atoms with Crippen molar-refractivity contribution < 1.29 is 4.74 Å². The average molecular weight is 344 g/mol. The third-order valence-electron chi connectivity index (χ3n) is 3.84. The molecule has 20 heavy (non-hydrogen) atoms. The predicted molar refractivity (Wildman–Crippen MR) is 84.8 cm³/mol. The van der Waals surface area contributed by atoms with E-state index in [1.165, 1.54) is 12.1 Å². The summed E-state index contributed by atoms with van der Waals surface area (Å²) in [7, 11) is 0. The highest BCUT2D eigenvalue weighted by Gasteiger charge is 2.29. The summed E-state index contributed by atoms with van der Waals surface area (Å²) in [6.07, 6.45) is 6.56. The van der Waals surface area contributed by atoms with Gasteiger partial charge in [-0.05, 0) is 48.2 Å². The Hall–Kier alpha value is -0.390. The first kappa shape index (κ1) is 16.0. The smallest absolute Gasteiger partial charge is 0.0699 e.